The monoisotopic (exact) mass is 356 g/mol. The van der Waals surface area contributed by atoms with Crippen LogP contribution in [0.5, 0.6) is 0 Å². The molecule has 4 heteroatoms. The fourth-order valence-corrected chi connectivity index (χ4v) is 2.65. The van der Waals surface area contributed by atoms with Gasteiger partial charge in [-0.05, 0) is 42.8 Å². The first kappa shape index (κ1) is 14.6. The SMILES string of the molecule is Cc1ccc(Br)c(C(=O)Cc2cc(Cl)ccc2Cl)c1. The van der Waals surface area contributed by atoms with E-state index in [1.165, 1.54) is 0 Å². The number of hydrogen-bond donors (Lipinski definition) is 0. The van der Waals surface area contributed by atoms with E-state index in [4.69, 9.17) is 23.2 Å². The molecular formula is C15H11BrCl2O. The van der Waals surface area contributed by atoms with E-state index in [1.807, 2.05) is 25.1 Å². The van der Waals surface area contributed by atoms with Crippen molar-refractivity contribution in [1.82, 2.24) is 0 Å². The molecule has 0 spiro atoms. The third-order valence-electron chi connectivity index (χ3n) is 2.78. The zero-order valence-corrected chi connectivity index (χ0v) is 13.3. The maximum atomic E-state index is 12.3. The van der Waals surface area contributed by atoms with Gasteiger partial charge in [0, 0.05) is 26.5 Å². The van der Waals surface area contributed by atoms with Gasteiger partial charge in [-0.15, -0.1) is 0 Å². The number of Topliss-reactive ketones (excluding diaryl/α,β-unsaturated/α-hetero) is 1. The van der Waals surface area contributed by atoms with E-state index in [0.717, 1.165) is 15.6 Å². The van der Waals surface area contributed by atoms with Gasteiger partial charge in [0.1, 0.15) is 0 Å². The van der Waals surface area contributed by atoms with Crippen molar-refractivity contribution < 1.29 is 4.79 Å². The van der Waals surface area contributed by atoms with Crippen LogP contribution in [0, 0.1) is 6.92 Å². The molecule has 0 aliphatic carbocycles. The van der Waals surface area contributed by atoms with Crippen molar-refractivity contribution in [1.29, 1.82) is 0 Å². The van der Waals surface area contributed by atoms with Gasteiger partial charge >= 0.3 is 0 Å². The Morgan fingerprint density at radius 1 is 1.16 bits per heavy atom. The van der Waals surface area contributed by atoms with E-state index in [1.54, 1.807) is 18.2 Å². The molecule has 0 radical (unpaired) electrons. The molecule has 2 aromatic rings. The molecule has 0 N–H and O–H groups in total. The van der Waals surface area contributed by atoms with Crippen LogP contribution >= 0.6 is 39.1 Å². The highest BCUT2D eigenvalue weighted by Gasteiger charge is 2.13. The highest BCUT2D eigenvalue weighted by molar-refractivity contribution is 9.10. The van der Waals surface area contributed by atoms with Gasteiger partial charge in [-0.3, -0.25) is 4.79 Å². The lowest BCUT2D eigenvalue weighted by atomic mass is 10.0. The van der Waals surface area contributed by atoms with Crippen LogP contribution in [0.2, 0.25) is 10.0 Å². The topological polar surface area (TPSA) is 17.1 Å². The second-order valence-electron chi connectivity index (χ2n) is 4.32. The first-order valence-electron chi connectivity index (χ1n) is 5.70. The number of benzene rings is 2. The highest BCUT2D eigenvalue weighted by atomic mass is 79.9. The maximum Gasteiger partial charge on any atom is 0.168 e. The fraction of sp³-hybridized carbons (Fsp3) is 0.133. The van der Waals surface area contributed by atoms with Crippen molar-refractivity contribution >= 4 is 44.9 Å². The van der Waals surface area contributed by atoms with Crippen molar-refractivity contribution in [2.24, 2.45) is 0 Å². The Bertz CT molecular complexity index is 638. The number of rotatable bonds is 3. The molecule has 0 bridgehead atoms. The molecule has 1 nitrogen and oxygen atoms in total. The largest absolute Gasteiger partial charge is 0.294 e. The molecule has 0 unspecified atom stereocenters. The first-order chi connectivity index (χ1) is 8.97. The number of ketones is 1. The quantitative estimate of drug-likeness (QED) is 0.664. The Hall–Kier alpha value is -0.830. The molecule has 98 valence electrons. The molecule has 0 atom stereocenters. The molecule has 0 saturated carbocycles. The third-order valence-corrected chi connectivity index (χ3v) is 4.08. The number of halogens is 3. The summed E-state index contributed by atoms with van der Waals surface area (Å²) in [6.07, 6.45) is 0.238. The second-order valence-corrected chi connectivity index (χ2v) is 6.02. The van der Waals surface area contributed by atoms with Crippen molar-refractivity contribution in [3.05, 3.63) is 67.6 Å². The lowest BCUT2D eigenvalue weighted by molar-refractivity contribution is 0.0992. The van der Waals surface area contributed by atoms with Crippen LogP contribution in [0.1, 0.15) is 21.5 Å². The van der Waals surface area contributed by atoms with E-state index in [2.05, 4.69) is 15.9 Å². The minimum absolute atomic E-state index is 0.0136. The number of hydrogen-bond acceptors (Lipinski definition) is 1. The Morgan fingerprint density at radius 3 is 2.63 bits per heavy atom. The van der Waals surface area contributed by atoms with E-state index in [-0.39, 0.29) is 12.2 Å². The van der Waals surface area contributed by atoms with Gasteiger partial charge in [0.15, 0.2) is 5.78 Å². The number of aryl methyl sites for hydroxylation is 1. The van der Waals surface area contributed by atoms with Gasteiger partial charge < -0.3 is 0 Å². The van der Waals surface area contributed by atoms with E-state index < -0.39 is 0 Å². The molecule has 0 aliphatic rings. The zero-order valence-electron chi connectivity index (χ0n) is 10.2. The summed E-state index contributed by atoms with van der Waals surface area (Å²) in [6, 6.07) is 10.8. The summed E-state index contributed by atoms with van der Waals surface area (Å²) in [5.41, 5.74) is 2.45. The van der Waals surface area contributed by atoms with Gasteiger partial charge in [0.05, 0.1) is 0 Å². The van der Waals surface area contributed by atoms with E-state index in [9.17, 15) is 4.79 Å². The Morgan fingerprint density at radius 2 is 1.89 bits per heavy atom. The normalized spacial score (nSPS) is 10.5. The summed E-state index contributed by atoms with van der Waals surface area (Å²) in [4.78, 5) is 12.3. The number of carbonyl (C=O) groups excluding carboxylic acids is 1. The molecule has 19 heavy (non-hydrogen) atoms. The lowest BCUT2D eigenvalue weighted by Crippen LogP contribution is -2.05. The predicted octanol–water partition coefficient (Wildman–Crippen LogP) is 5.49. The average molecular weight is 358 g/mol. The zero-order chi connectivity index (χ0) is 14.0. The number of carbonyl (C=O) groups is 1. The fourth-order valence-electron chi connectivity index (χ4n) is 1.80. The molecule has 2 aromatic carbocycles. The second kappa shape index (κ2) is 6.08. The minimum atomic E-state index is 0.0136. The molecular weight excluding hydrogens is 347 g/mol. The molecule has 2 rings (SSSR count). The lowest BCUT2D eigenvalue weighted by Gasteiger charge is -2.07. The van der Waals surface area contributed by atoms with Gasteiger partial charge in [0.25, 0.3) is 0 Å². The van der Waals surface area contributed by atoms with Crippen LogP contribution in [0.15, 0.2) is 40.9 Å². The van der Waals surface area contributed by atoms with Crippen molar-refractivity contribution in [3.63, 3.8) is 0 Å². The van der Waals surface area contributed by atoms with Gasteiger partial charge in [0.2, 0.25) is 0 Å². The van der Waals surface area contributed by atoms with Crippen LogP contribution in [0.3, 0.4) is 0 Å². The van der Waals surface area contributed by atoms with Crippen LogP contribution in [-0.2, 0) is 6.42 Å². The van der Waals surface area contributed by atoms with Gasteiger partial charge in [-0.1, -0.05) is 50.8 Å². The Kier molecular flexibility index (Phi) is 4.67. The predicted molar refractivity (Wildman–Crippen MR) is 83.4 cm³/mol. The summed E-state index contributed by atoms with van der Waals surface area (Å²) >= 11 is 15.4. The van der Waals surface area contributed by atoms with Crippen LogP contribution < -0.4 is 0 Å². The summed E-state index contributed by atoms with van der Waals surface area (Å²) in [7, 11) is 0. The average Bonchev–Trinajstić information content (AvgIpc) is 2.36. The van der Waals surface area contributed by atoms with Crippen LogP contribution in [0.25, 0.3) is 0 Å². The molecule has 0 aliphatic heterocycles. The van der Waals surface area contributed by atoms with Crippen molar-refractivity contribution in [3.8, 4) is 0 Å². The van der Waals surface area contributed by atoms with Crippen LogP contribution in [-0.4, -0.2) is 5.78 Å². The van der Waals surface area contributed by atoms with Crippen LogP contribution in [0.4, 0.5) is 0 Å². The van der Waals surface area contributed by atoms with Crippen molar-refractivity contribution in [2.75, 3.05) is 0 Å². The highest BCUT2D eigenvalue weighted by Crippen LogP contribution is 2.24. The summed E-state index contributed by atoms with van der Waals surface area (Å²) in [5.74, 6) is 0.0136. The maximum absolute atomic E-state index is 12.3. The van der Waals surface area contributed by atoms with Crippen molar-refractivity contribution in [2.45, 2.75) is 13.3 Å². The first-order valence-corrected chi connectivity index (χ1v) is 7.25. The Labute approximate surface area is 130 Å². The van der Waals surface area contributed by atoms with Gasteiger partial charge in [-0.2, -0.15) is 0 Å². The molecule has 0 saturated heterocycles. The van der Waals surface area contributed by atoms with E-state index >= 15 is 0 Å². The summed E-state index contributed by atoms with van der Waals surface area (Å²) < 4.78 is 0.793. The third kappa shape index (κ3) is 3.59. The molecule has 0 aromatic heterocycles. The summed E-state index contributed by atoms with van der Waals surface area (Å²) in [6.45, 7) is 1.95. The van der Waals surface area contributed by atoms with E-state index in [0.29, 0.717) is 15.6 Å². The smallest absolute Gasteiger partial charge is 0.168 e. The summed E-state index contributed by atoms with van der Waals surface area (Å²) in [5, 5.41) is 1.14. The van der Waals surface area contributed by atoms with Gasteiger partial charge in [-0.25, -0.2) is 0 Å². The minimum Gasteiger partial charge on any atom is -0.294 e. The molecule has 0 heterocycles. The standard InChI is InChI=1S/C15H11BrCl2O/c1-9-2-4-13(16)12(6-9)15(19)8-10-7-11(17)3-5-14(10)18/h2-7H,8H2,1H3. The Balaban J connectivity index is 2.30. The molecule has 0 amide bonds. The molecule has 0 fully saturated rings.